The van der Waals surface area contributed by atoms with E-state index >= 15 is 0 Å². The highest BCUT2D eigenvalue weighted by Gasteiger charge is 2.21. The highest BCUT2D eigenvalue weighted by Crippen LogP contribution is 2.36. The van der Waals surface area contributed by atoms with Crippen molar-refractivity contribution in [2.45, 2.75) is 12.8 Å². The normalized spacial score (nSPS) is 16.4. The van der Waals surface area contributed by atoms with Crippen LogP contribution in [0.4, 0.5) is 5.69 Å². The fraction of sp³-hybridized carbons (Fsp3) is 0.259. The summed E-state index contributed by atoms with van der Waals surface area (Å²) in [4.78, 5) is 5.04. The van der Waals surface area contributed by atoms with Gasteiger partial charge in [0.1, 0.15) is 0 Å². The molecule has 1 aliphatic heterocycles. The van der Waals surface area contributed by atoms with Crippen LogP contribution >= 0.6 is 11.6 Å². The number of nitrogens with zero attached hydrogens (tertiary/aromatic N) is 2. The zero-order valence-electron chi connectivity index (χ0n) is 17.2. The van der Waals surface area contributed by atoms with Gasteiger partial charge in [0.05, 0.1) is 0 Å². The molecule has 3 aromatic rings. The molecule has 1 fully saturated rings. The van der Waals surface area contributed by atoms with Gasteiger partial charge in [-0.3, -0.25) is 4.90 Å². The van der Waals surface area contributed by atoms with Crippen molar-refractivity contribution in [2.75, 3.05) is 37.6 Å². The third-order valence-electron chi connectivity index (χ3n) is 6.40. The lowest BCUT2D eigenvalue weighted by atomic mass is 9.94. The predicted octanol–water partition coefficient (Wildman–Crippen LogP) is 6.16. The molecule has 0 N–H and O–H groups in total. The maximum Gasteiger partial charge on any atom is 0.0426 e. The fourth-order valence-corrected chi connectivity index (χ4v) is 4.93. The number of hydrogen-bond acceptors (Lipinski definition) is 2. The number of anilines is 1. The summed E-state index contributed by atoms with van der Waals surface area (Å²) >= 11 is 6.16. The molecule has 2 nitrogen and oxygen atoms in total. The van der Waals surface area contributed by atoms with Crippen LogP contribution < -0.4 is 4.90 Å². The molecule has 3 aromatic carbocycles. The average molecular weight is 415 g/mol. The van der Waals surface area contributed by atoms with E-state index in [9.17, 15) is 0 Å². The molecule has 1 saturated heterocycles. The van der Waals surface area contributed by atoms with E-state index in [0.29, 0.717) is 0 Å². The molecule has 30 heavy (non-hydrogen) atoms. The van der Waals surface area contributed by atoms with Gasteiger partial charge in [-0.15, -0.1) is 0 Å². The summed E-state index contributed by atoms with van der Waals surface area (Å²) in [6, 6.07) is 25.8. The summed E-state index contributed by atoms with van der Waals surface area (Å²) < 4.78 is 0. The molecule has 0 aromatic heterocycles. The molecule has 1 heterocycles. The first kappa shape index (κ1) is 19.4. The Balaban J connectivity index is 1.20. The highest BCUT2D eigenvalue weighted by molar-refractivity contribution is 6.30. The standard InChI is InChI=1S/C27H27ClN2/c28-23-8-4-9-24(20-23)30-18-16-29(17-19-30)15-14-22-12-13-27-25(10-5-11-26(22)27)21-6-2-1-3-7-21/h1-12,20H,13-19H2. The van der Waals surface area contributed by atoms with Crippen LogP contribution in [0.5, 0.6) is 0 Å². The van der Waals surface area contributed by atoms with Crippen molar-refractivity contribution in [1.82, 2.24) is 4.90 Å². The zero-order valence-corrected chi connectivity index (χ0v) is 18.0. The molecular weight excluding hydrogens is 388 g/mol. The quantitative estimate of drug-likeness (QED) is 0.493. The van der Waals surface area contributed by atoms with E-state index in [-0.39, 0.29) is 0 Å². The summed E-state index contributed by atoms with van der Waals surface area (Å²) in [5.74, 6) is 0. The fourth-order valence-electron chi connectivity index (χ4n) is 4.75. The van der Waals surface area contributed by atoms with Crippen molar-refractivity contribution in [3.05, 3.63) is 95.0 Å². The summed E-state index contributed by atoms with van der Waals surface area (Å²) in [5, 5.41) is 0.816. The Morgan fingerprint density at radius 1 is 0.767 bits per heavy atom. The Hall–Kier alpha value is -2.55. The first-order valence-electron chi connectivity index (χ1n) is 10.9. The molecular formula is C27H27ClN2. The Morgan fingerprint density at radius 3 is 2.33 bits per heavy atom. The smallest absolute Gasteiger partial charge is 0.0426 e. The van der Waals surface area contributed by atoms with E-state index in [0.717, 1.165) is 50.6 Å². The van der Waals surface area contributed by atoms with Gasteiger partial charge >= 0.3 is 0 Å². The first-order chi connectivity index (χ1) is 14.8. The lowest BCUT2D eigenvalue weighted by molar-refractivity contribution is 0.264. The van der Waals surface area contributed by atoms with Gasteiger partial charge in [-0.25, -0.2) is 0 Å². The Bertz CT molecular complexity index is 1050. The van der Waals surface area contributed by atoms with Crippen molar-refractivity contribution in [3.63, 3.8) is 0 Å². The van der Waals surface area contributed by atoms with Crippen LogP contribution in [0.1, 0.15) is 17.5 Å². The van der Waals surface area contributed by atoms with Gasteiger partial charge < -0.3 is 4.90 Å². The lowest BCUT2D eigenvalue weighted by Gasteiger charge is -2.36. The topological polar surface area (TPSA) is 6.48 Å². The van der Waals surface area contributed by atoms with Crippen molar-refractivity contribution in [3.8, 4) is 11.1 Å². The molecule has 0 radical (unpaired) electrons. The maximum absolute atomic E-state index is 6.16. The molecule has 2 aliphatic rings. The number of halogens is 1. The predicted molar refractivity (Wildman–Crippen MR) is 128 cm³/mol. The number of rotatable bonds is 5. The van der Waals surface area contributed by atoms with Gasteiger partial charge in [0.2, 0.25) is 0 Å². The molecule has 1 aliphatic carbocycles. The van der Waals surface area contributed by atoms with Crippen molar-refractivity contribution < 1.29 is 0 Å². The van der Waals surface area contributed by atoms with Crippen LogP contribution in [0.2, 0.25) is 5.02 Å². The van der Waals surface area contributed by atoms with E-state index in [1.54, 1.807) is 0 Å². The zero-order chi connectivity index (χ0) is 20.3. The molecule has 3 heteroatoms. The van der Waals surface area contributed by atoms with Gasteiger partial charge in [0.25, 0.3) is 0 Å². The minimum Gasteiger partial charge on any atom is -0.369 e. The number of piperazine rings is 1. The SMILES string of the molecule is Clc1cccc(N2CCN(CCC3=CCc4c3cccc4-c3ccccc3)CC2)c1. The molecule has 0 saturated carbocycles. The molecule has 5 rings (SSSR count). The van der Waals surface area contributed by atoms with Gasteiger partial charge in [-0.2, -0.15) is 0 Å². The summed E-state index contributed by atoms with van der Waals surface area (Å²) in [6.45, 7) is 5.47. The van der Waals surface area contributed by atoms with Crippen molar-refractivity contribution in [2.24, 2.45) is 0 Å². The summed E-state index contributed by atoms with van der Waals surface area (Å²) in [7, 11) is 0. The Kier molecular flexibility index (Phi) is 5.61. The van der Waals surface area contributed by atoms with Crippen molar-refractivity contribution in [1.29, 1.82) is 0 Å². The van der Waals surface area contributed by atoms with Crippen LogP contribution in [0, 0.1) is 0 Å². The summed E-state index contributed by atoms with van der Waals surface area (Å²) in [5.41, 5.74) is 8.40. The minimum absolute atomic E-state index is 0.816. The molecule has 0 bridgehead atoms. The van der Waals surface area contributed by atoms with Crippen molar-refractivity contribution >= 4 is 22.9 Å². The first-order valence-corrected chi connectivity index (χ1v) is 11.3. The van der Waals surface area contributed by atoms with Crippen LogP contribution in [0.15, 0.2) is 78.9 Å². The number of benzene rings is 3. The van der Waals surface area contributed by atoms with Crippen LogP contribution in [-0.2, 0) is 6.42 Å². The molecule has 152 valence electrons. The second-order valence-electron chi connectivity index (χ2n) is 8.19. The Labute approximate surface area is 184 Å². The summed E-state index contributed by atoms with van der Waals surface area (Å²) in [6.07, 6.45) is 4.63. The van der Waals surface area contributed by atoms with E-state index in [4.69, 9.17) is 11.6 Å². The van der Waals surface area contributed by atoms with Crippen LogP contribution in [0.3, 0.4) is 0 Å². The van der Waals surface area contributed by atoms with E-state index in [2.05, 4.69) is 76.5 Å². The third kappa shape index (κ3) is 4.03. The highest BCUT2D eigenvalue weighted by atomic mass is 35.5. The lowest BCUT2D eigenvalue weighted by Crippen LogP contribution is -2.46. The van der Waals surface area contributed by atoms with Gasteiger partial charge in [-0.1, -0.05) is 72.3 Å². The third-order valence-corrected chi connectivity index (χ3v) is 6.64. The second-order valence-corrected chi connectivity index (χ2v) is 8.63. The number of fused-ring (bicyclic) bond motifs is 1. The van der Waals surface area contributed by atoms with E-state index in [1.165, 1.54) is 33.5 Å². The molecule has 0 spiro atoms. The van der Waals surface area contributed by atoms with Gasteiger partial charge in [0.15, 0.2) is 0 Å². The van der Waals surface area contributed by atoms with E-state index < -0.39 is 0 Å². The van der Waals surface area contributed by atoms with Gasteiger partial charge in [0, 0.05) is 43.4 Å². The molecule has 0 atom stereocenters. The maximum atomic E-state index is 6.16. The minimum atomic E-state index is 0.816. The molecule has 0 unspecified atom stereocenters. The van der Waals surface area contributed by atoms with E-state index in [1.807, 2.05) is 12.1 Å². The second kappa shape index (κ2) is 8.67. The Morgan fingerprint density at radius 2 is 1.53 bits per heavy atom. The number of allylic oxidation sites excluding steroid dienone is 1. The van der Waals surface area contributed by atoms with Gasteiger partial charge in [-0.05, 0) is 58.9 Å². The largest absolute Gasteiger partial charge is 0.369 e. The van der Waals surface area contributed by atoms with Crippen LogP contribution in [0.25, 0.3) is 16.7 Å². The van der Waals surface area contributed by atoms with Crippen LogP contribution in [-0.4, -0.2) is 37.6 Å². The monoisotopic (exact) mass is 414 g/mol. The molecule has 0 amide bonds. The average Bonchev–Trinajstić information content (AvgIpc) is 3.22. The number of hydrogen-bond donors (Lipinski definition) is 0.